The van der Waals surface area contributed by atoms with Crippen LogP contribution in [0.1, 0.15) is 50.7 Å². The van der Waals surface area contributed by atoms with Gasteiger partial charge >= 0.3 is 11.9 Å². The van der Waals surface area contributed by atoms with Gasteiger partial charge < -0.3 is 19.0 Å². The lowest BCUT2D eigenvalue weighted by molar-refractivity contribution is -0.155. The highest BCUT2D eigenvalue weighted by atomic mass is 16.6. The zero-order chi connectivity index (χ0) is 17.4. The predicted molar refractivity (Wildman–Crippen MR) is 84.1 cm³/mol. The van der Waals surface area contributed by atoms with E-state index < -0.39 is 23.1 Å². The van der Waals surface area contributed by atoms with Crippen molar-refractivity contribution >= 4 is 11.9 Å². The van der Waals surface area contributed by atoms with Crippen LogP contribution in [0.5, 0.6) is 0 Å². The Labute approximate surface area is 144 Å². The molecular formula is C19H20O6. The Bertz CT molecular complexity index is 793. The van der Waals surface area contributed by atoms with Crippen LogP contribution in [0.25, 0.3) is 0 Å². The van der Waals surface area contributed by atoms with Gasteiger partial charge in [0.1, 0.15) is 12.2 Å². The molecule has 1 aromatic rings. The number of cyclic esters (lactones) is 1. The Hall–Kier alpha value is -2.08. The van der Waals surface area contributed by atoms with Gasteiger partial charge in [-0.25, -0.2) is 4.79 Å². The van der Waals surface area contributed by atoms with Crippen molar-refractivity contribution in [2.45, 2.75) is 56.8 Å². The third-order valence-electron chi connectivity index (χ3n) is 6.63. The zero-order valence-corrected chi connectivity index (χ0v) is 14.0. The number of aliphatic hydroxyl groups is 1. The molecule has 0 amide bonds. The van der Waals surface area contributed by atoms with Crippen LogP contribution < -0.4 is 0 Å². The van der Waals surface area contributed by atoms with E-state index in [4.69, 9.17) is 13.9 Å². The van der Waals surface area contributed by atoms with Crippen LogP contribution in [-0.2, 0) is 19.1 Å². The Morgan fingerprint density at radius 1 is 1.20 bits per heavy atom. The smallest absolute Gasteiger partial charge is 0.343 e. The summed E-state index contributed by atoms with van der Waals surface area (Å²) in [5.41, 5.74) is 0.0312. The van der Waals surface area contributed by atoms with Gasteiger partial charge in [0.25, 0.3) is 0 Å². The molecule has 6 nitrogen and oxygen atoms in total. The molecule has 6 heteroatoms. The Morgan fingerprint density at radius 2 is 2.00 bits per heavy atom. The number of carbonyl (C=O) groups is 2. The summed E-state index contributed by atoms with van der Waals surface area (Å²) in [7, 11) is 0. The first kappa shape index (κ1) is 15.2. The molecule has 0 saturated carbocycles. The molecule has 25 heavy (non-hydrogen) atoms. The summed E-state index contributed by atoms with van der Waals surface area (Å²) in [6.45, 7) is 2.02. The molecule has 1 spiro atoms. The van der Waals surface area contributed by atoms with Gasteiger partial charge in [-0.2, -0.15) is 0 Å². The summed E-state index contributed by atoms with van der Waals surface area (Å²) < 4.78 is 16.3. The van der Waals surface area contributed by atoms with Crippen LogP contribution >= 0.6 is 0 Å². The number of carbonyl (C=O) groups excluding carboxylic acids is 2. The summed E-state index contributed by atoms with van der Waals surface area (Å²) in [4.78, 5) is 25.3. The first-order chi connectivity index (χ1) is 12.0. The summed E-state index contributed by atoms with van der Waals surface area (Å²) in [5, 5.41) is 11.0. The number of esters is 2. The number of furan rings is 1. The van der Waals surface area contributed by atoms with Gasteiger partial charge in [-0.05, 0) is 43.2 Å². The quantitative estimate of drug-likeness (QED) is 0.622. The number of hydrogen-bond donors (Lipinski definition) is 1. The van der Waals surface area contributed by atoms with E-state index in [1.807, 2.05) is 13.0 Å². The van der Waals surface area contributed by atoms with Gasteiger partial charge in [-0.3, -0.25) is 4.79 Å². The van der Waals surface area contributed by atoms with Crippen molar-refractivity contribution in [2.24, 2.45) is 11.3 Å². The predicted octanol–water partition coefficient (Wildman–Crippen LogP) is 2.43. The van der Waals surface area contributed by atoms with Crippen molar-refractivity contribution in [1.29, 1.82) is 0 Å². The number of hydrogen-bond acceptors (Lipinski definition) is 6. The fourth-order valence-corrected chi connectivity index (χ4v) is 5.39. The molecule has 5 rings (SSSR count). The molecule has 4 aliphatic rings. The van der Waals surface area contributed by atoms with E-state index in [1.165, 1.54) is 0 Å². The van der Waals surface area contributed by atoms with Gasteiger partial charge in [0.2, 0.25) is 0 Å². The van der Waals surface area contributed by atoms with Gasteiger partial charge in [0.05, 0.1) is 17.9 Å². The Balaban J connectivity index is 1.66. The SMILES string of the molecule is C[C@@H]1C[C@H]2OC(=O)[C@@]3(O)CCCC(=C23)[C@]12CC(c1ccoc1)OC2=O. The Morgan fingerprint density at radius 3 is 2.76 bits per heavy atom. The highest BCUT2D eigenvalue weighted by Gasteiger charge is 2.65. The van der Waals surface area contributed by atoms with Crippen molar-refractivity contribution in [2.75, 3.05) is 0 Å². The lowest BCUT2D eigenvalue weighted by atomic mass is 9.57. The summed E-state index contributed by atoms with van der Waals surface area (Å²) >= 11 is 0. The van der Waals surface area contributed by atoms with Crippen molar-refractivity contribution < 1.29 is 28.6 Å². The van der Waals surface area contributed by atoms with E-state index in [-0.39, 0.29) is 18.0 Å². The molecular weight excluding hydrogens is 324 g/mol. The maximum Gasteiger partial charge on any atom is 0.343 e. The van der Waals surface area contributed by atoms with Gasteiger partial charge in [0.15, 0.2) is 5.60 Å². The molecule has 1 aromatic heterocycles. The highest BCUT2D eigenvalue weighted by molar-refractivity contribution is 5.91. The average Bonchev–Trinajstić information content (AvgIpc) is 3.25. The number of fused-ring (bicyclic) bond motifs is 1. The highest BCUT2D eigenvalue weighted by Crippen LogP contribution is 2.62. The second-order valence-electron chi connectivity index (χ2n) is 7.76. The minimum atomic E-state index is -1.56. The van der Waals surface area contributed by atoms with E-state index in [1.54, 1.807) is 12.5 Å². The molecule has 2 aliphatic heterocycles. The lowest BCUT2D eigenvalue weighted by Crippen LogP contribution is -2.48. The van der Waals surface area contributed by atoms with E-state index >= 15 is 0 Å². The monoisotopic (exact) mass is 344 g/mol. The van der Waals surface area contributed by atoms with Gasteiger partial charge in [-0.15, -0.1) is 0 Å². The van der Waals surface area contributed by atoms with Gasteiger partial charge in [0, 0.05) is 17.6 Å². The average molecular weight is 344 g/mol. The number of rotatable bonds is 1. The summed E-state index contributed by atoms with van der Waals surface area (Å²) in [6, 6.07) is 1.81. The van der Waals surface area contributed by atoms with E-state index in [2.05, 4.69) is 0 Å². The van der Waals surface area contributed by atoms with Crippen LogP contribution in [0.2, 0.25) is 0 Å². The summed E-state index contributed by atoms with van der Waals surface area (Å²) in [5.74, 6) is -0.837. The molecule has 1 unspecified atom stereocenters. The van der Waals surface area contributed by atoms with Crippen molar-refractivity contribution in [3.63, 3.8) is 0 Å². The minimum Gasteiger partial charge on any atom is -0.472 e. The standard InChI is InChI=1S/C19H20O6/c1-10-7-13-15-12(3-2-5-19(15,22)17(21)24-13)18(10)8-14(25-16(18)20)11-4-6-23-9-11/h4,6,9-10,13-14,22H,2-3,5,7-8H2,1H3/t10-,13-,14?,18+,19-/m1/s1. The van der Waals surface area contributed by atoms with Crippen LogP contribution in [0, 0.1) is 11.3 Å². The number of ether oxygens (including phenoxy) is 2. The third kappa shape index (κ3) is 1.73. The Kier molecular flexibility index (Phi) is 2.89. The first-order valence-corrected chi connectivity index (χ1v) is 8.87. The molecule has 2 saturated heterocycles. The fraction of sp³-hybridized carbons (Fsp3) is 0.579. The van der Waals surface area contributed by atoms with Crippen molar-refractivity contribution in [3.05, 3.63) is 35.3 Å². The molecule has 5 atom stereocenters. The second-order valence-corrected chi connectivity index (χ2v) is 7.76. The fourth-order valence-electron chi connectivity index (χ4n) is 5.39. The molecule has 3 heterocycles. The van der Waals surface area contributed by atoms with Crippen LogP contribution in [-0.4, -0.2) is 28.8 Å². The second kappa shape index (κ2) is 4.75. The van der Waals surface area contributed by atoms with Crippen molar-refractivity contribution in [1.82, 2.24) is 0 Å². The van der Waals surface area contributed by atoms with Crippen molar-refractivity contribution in [3.8, 4) is 0 Å². The van der Waals surface area contributed by atoms with Crippen LogP contribution in [0.3, 0.4) is 0 Å². The topological polar surface area (TPSA) is 86.0 Å². The third-order valence-corrected chi connectivity index (χ3v) is 6.63. The molecule has 2 aliphatic carbocycles. The molecule has 0 aromatic carbocycles. The normalized spacial score (nSPS) is 42.6. The largest absolute Gasteiger partial charge is 0.472 e. The first-order valence-electron chi connectivity index (χ1n) is 8.87. The molecule has 0 radical (unpaired) electrons. The van der Waals surface area contributed by atoms with E-state index in [0.717, 1.165) is 11.1 Å². The maximum absolute atomic E-state index is 13.0. The summed E-state index contributed by atoms with van der Waals surface area (Å²) in [6.07, 6.45) is 5.19. The van der Waals surface area contributed by atoms with Crippen LogP contribution in [0.4, 0.5) is 0 Å². The van der Waals surface area contributed by atoms with Crippen LogP contribution in [0.15, 0.2) is 34.2 Å². The molecule has 0 bridgehead atoms. The molecule has 132 valence electrons. The molecule has 2 fully saturated rings. The molecule has 1 N–H and O–H groups in total. The maximum atomic E-state index is 13.0. The lowest BCUT2D eigenvalue weighted by Gasteiger charge is -2.44. The van der Waals surface area contributed by atoms with E-state index in [9.17, 15) is 14.7 Å². The van der Waals surface area contributed by atoms with Gasteiger partial charge in [-0.1, -0.05) is 6.92 Å². The zero-order valence-electron chi connectivity index (χ0n) is 14.0. The minimum absolute atomic E-state index is 0.0195. The van der Waals surface area contributed by atoms with E-state index in [0.29, 0.717) is 37.7 Å².